The van der Waals surface area contributed by atoms with Gasteiger partial charge in [-0.25, -0.2) is 0 Å². The molecule has 0 saturated carbocycles. The zero-order valence-electron chi connectivity index (χ0n) is 49.9. The first-order valence-electron chi connectivity index (χ1n) is 31.1. The Kier molecular flexibility index (Phi) is 60.0. The van der Waals surface area contributed by atoms with Gasteiger partial charge in [-0.1, -0.05) is 242 Å². The molecular formula is C72H112O6. The van der Waals surface area contributed by atoms with Gasteiger partial charge in [-0.15, -0.1) is 0 Å². The molecule has 0 aliphatic heterocycles. The fourth-order valence-corrected chi connectivity index (χ4v) is 7.83. The van der Waals surface area contributed by atoms with Crippen molar-refractivity contribution >= 4 is 17.9 Å². The summed E-state index contributed by atoms with van der Waals surface area (Å²) in [5.74, 6) is -1.01. The summed E-state index contributed by atoms with van der Waals surface area (Å²) >= 11 is 0. The number of unbranched alkanes of at least 4 members (excludes halogenated alkanes) is 15. The van der Waals surface area contributed by atoms with E-state index in [4.69, 9.17) is 14.2 Å². The summed E-state index contributed by atoms with van der Waals surface area (Å²) in [7, 11) is 0. The Bertz CT molecular complexity index is 1810. The van der Waals surface area contributed by atoms with Gasteiger partial charge in [-0.3, -0.25) is 14.4 Å². The molecule has 78 heavy (non-hydrogen) atoms. The highest BCUT2D eigenvalue weighted by atomic mass is 16.6. The Morgan fingerprint density at radius 2 is 0.500 bits per heavy atom. The molecule has 436 valence electrons. The number of allylic oxidation sites excluding steroid dienone is 28. The van der Waals surface area contributed by atoms with Crippen LogP contribution in [0.4, 0.5) is 0 Å². The van der Waals surface area contributed by atoms with Crippen molar-refractivity contribution in [3.05, 3.63) is 170 Å². The molecule has 6 heteroatoms. The second kappa shape index (κ2) is 64.3. The minimum Gasteiger partial charge on any atom is -0.462 e. The van der Waals surface area contributed by atoms with Gasteiger partial charge in [0, 0.05) is 19.3 Å². The minimum absolute atomic E-state index is 0.118. The average molecular weight is 1070 g/mol. The number of ether oxygens (including phenoxy) is 3. The molecule has 0 amide bonds. The highest BCUT2D eigenvalue weighted by Crippen LogP contribution is 2.13. The van der Waals surface area contributed by atoms with Crippen LogP contribution in [0, 0.1) is 0 Å². The van der Waals surface area contributed by atoms with Crippen molar-refractivity contribution in [2.24, 2.45) is 0 Å². The number of rotatable bonds is 54. The maximum Gasteiger partial charge on any atom is 0.306 e. The smallest absolute Gasteiger partial charge is 0.306 e. The monoisotopic (exact) mass is 1070 g/mol. The predicted octanol–water partition coefficient (Wildman–Crippen LogP) is 21.5. The van der Waals surface area contributed by atoms with Crippen molar-refractivity contribution in [3.63, 3.8) is 0 Å². The zero-order chi connectivity index (χ0) is 56.4. The molecule has 0 N–H and O–H groups in total. The van der Waals surface area contributed by atoms with Gasteiger partial charge in [0.1, 0.15) is 13.2 Å². The lowest BCUT2D eigenvalue weighted by Gasteiger charge is -2.18. The van der Waals surface area contributed by atoms with Crippen LogP contribution in [0.2, 0.25) is 0 Å². The molecule has 0 aromatic heterocycles. The molecule has 0 bridgehead atoms. The van der Waals surface area contributed by atoms with E-state index in [-0.39, 0.29) is 44.0 Å². The maximum atomic E-state index is 12.9. The highest BCUT2D eigenvalue weighted by molar-refractivity contribution is 5.71. The van der Waals surface area contributed by atoms with E-state index in [0.29, 0.717) is 19.3 Å². The van der Waals surface area contributed by atoms with Gasteiger partial charge < -0.3 is 14.2 Å². The average Bonchev–Trinajstić information content (AvgIpc) is 3.44. The first kappa shape index (κ1) is 72.8. The molecule has 0 aliphatic carbocycles. The molecule has 0 aromatic rings. The van der Waals surface area contributed by atoms with Crippen LogP contribution in [0.1, 0.15) is 245 Å². The highest BCUT2D eigenvalue weighted by Gasteiger charge is 2.19. The van der Waals surface area contributed by atoms with Crippen LogP contribution in [0.3, 0.4) is 0 Å². The topological polar surface area (TPSA) is 78.9 Å². The second-order valence-electron chi connectivity index (χ2n) is 19.8. The molecule has 0 saturated heterocycles. The molecule has 0 rings (SSSR count). The van der Waals surface area contributed by atoms with Crippen LogP contribution in [0.25, 0.3) is 0 Å². The lowest BCUT2D eigenvalue weighted by molar-refractivity contribution is -0.167. The van der Waals surface area contributed by atoms with E-state index in [0.717, 1.165) is 148 Å². The van der Waals surface area contributed by atoms with Crippen LogP contribution in [-0.4, -0.2) is 37.2 Å². The summed E-state index contributed by atoms with van der Waals surface area (Å²) in [4.78, 5) is 38.3. The lowest BCUT2D eigenvalue weighted by atomic mass is 10.1. The predicted molar refractivity (Wildman–Crippen MR) is 338 cm³/mol. The third kappa shape index (κ3) is 61.6. The SMILES string of the molecule is CC/C=C\C/C=C\C/C=C\C/C=C\C/C=C\C/C=C\C/C=C\C/C=C\CCCCC(=O)OCC(COC(=O)CCCCCCC/C=C\CCCCCCC)OC(=O)CCCCC/C=C\C/C=C\C/C=C\C/C=C\C/C=C\CC. The number of hydrogen-bond donors (Lipinski definition) is 0. The molecule has 1 unspecified atom stereocenters. The van der Waals surface area contributed by atoms with E-state index in [2.05, 4.69) is 191 Å². The molecule has 0 heterocycles. The van der Waals surface area contributed by atoms with Crippen molar-refractivity contribution in [3.8, 4) is 0 Å². The first-order valence-corrected chi connectivity index (χ1v) is 31.1. The van der Waals surface area contributed by atoms with Gasteiger partial charge in [0.2, 0.25) is 0 Å². The number of carbonyl (C=O) groups excluding carboxylic acids is 3. The summed E-state index contributed by atoms with van der Waals surface area (Å²) in [5.41, 5.74) is 0. The second-order valence-corrected chi connectivity index (χ2v) is 19.8. The summed E-state index contributed by atoms with van der Waals surface area (Å²) < 4.78 is 16.8. The number of esters is 3. The molecule has 0 fully saturated rings. The molecule has 0 aliphatic rings. The van der Waals surface area contributed by atoms with Gasteiger partial charge in [0.25, 0.3) is 0 Å². The van der Waals surface area contributed by atoms with Crippen molar-refractivity contribution < 1.29 is 28.6 Å². The van der Waals surface area contributed by atoms with Crippen LogP contribution >= 0.6 is 0 Å². The summed E-state index contributed by atoms with van der Waals surface area (Å²) in [6.07, 6.45) is 94.9. The molecule has 6 nitrogen and oxygen atoms in total. The first-order chi connectivity index (χ1) is 38.5. The molecule has 0 radical (unpaired) electrons. The Morgan fingerprint density at radius 1 is 0.269 bits per heavy atom. The van der Waals surface area contributed by atoms with E-state index in [1.807, 2.05) is 0 Å². The van der Waals surface area contributed by atoms with Crippen LogP contribution in [0.5, 0.6) is 0 Å². The van der Waals surface area contributed by atoms with Gasteiger partial charge in [0.15, 0.2) is 6.10 Å². The zero-order valence-corrected chi connectivity index (χ0v) is 49.9. The fourth-order valence-electron chi connectivity index (χ4n) is 7.83. The molecule has 0 spiro atoms. The van der Waals surface area contributed by atoms with E-state index >= 15 is 0 Å². The summed E-state index contributed by atoms with van der Waals surface area (Å²) in [5, 5.41) is 0. The third-order valence-electron chi connectivity index (χ3n) is 12.4. The van der Waals surface area contributed by atoms with Gasteiger partial charge in [-0.05, 0) is 154 Å². The third-order valence-corrected chi connectivity index (χ3v) is 12.4. The van der Waals surface area contributed by atoms with Crippen molar-refractivity contribution in [1.29, 1.82) is 0 Å². The van der Waals surface area contributed by atoms with Gasteiger partial charge >= 0.3 is 17.9 Å². The minimum atomic E-state index is -0.827. The van der Waals surface area contributed by atoms with Gasteiger partial charge in [0.05, 0.1) is 0 Å². The molecule has 1 atom stereocenters. The standard InChI is InChI=1S/C72H112O6/c1-4-7-10-13-16-19-22-25-28-30-32-33-34-35-36-37-38-39-41-42-44-47-50-53-56-59-62-65-71(74)77-68-69(67-76-70(73)64-61-58-55-52-49-46-27-24-21-18-15-12-9-6-3)78-72(75)66-63-60-57-54-51-48-45-43-40-31-29-26-23-20-17-14-11-8-5-2/h7-8,10-11,16-17,19-20,24-29,32-33,35-36,38-40,42-44,48,50-51,53,69H,4-6,9,12-15,18,21-23,30-31,34,37,41,45-47,49,52,54-68H2,1-3H3/b10-7-,11-8-,19-16-,20-17-,27-24-,28-25-,29-26-,33-32-,36-35-,39-38-,43-40-,44-42-,51-48-,53-50-. The van der Waals surface area contributed by atoms with Crippen molar-refractivity contribution in [2.45, 2.75) is 252 Å². The van der Waals surface area contributed by atoms with Gasteiger partial charge in [-0.2, -0.15) is 0 Å². The lowest BCUT2D eigenvalue weighted by Crippen LogP contribution is -2.30. The largest absolute Gasteiger partial charge is 0.462 e. The van der Waals surface area contributed by atoms with Crippen LogP contribution in [-0.2, 0) is 28.6 Å². The Labute approximate surface area is 479 Å². The van der Waals surface area contributed by atoms with Crippen molar-refractivity contribution in [2.75, 3.05) is 13.2 Å². The van der Waals surface area contributed by atoms with E-state index < -0.39 is 6.10 Å². The molecular weight excluding hydrogens is 961 g/mol. The number of carbonyl (C=O) groups is 3. The van der Waals surface area contributed by atoms with Crippen LogP contribution < -0.4 is 0 Å². The normalized spacial score (nSPS) is 13.3. The Morgan fingerprint density at radius 3 is 0.833 bits per heavy atom. The molecule has 0 aromatic carbocycles. The van der Waals surface area contributed by atoms with E-state index in [9.17, 15) is 14.4 Å². The Balaban J connectivity index is 4.54. The Hall–Kier alpha value is -5.23. The van der Waals surface area contributed by atoms with E-state index in [1.54, 1.807) is 0 Å². The van der Waals surface area contributed by atoms with E-state index in [1.165, 1.54) is 44.9 Å². The fraction of sp³-hybridized carbons (Fsp3) is 0.569. The summed E-state index contributed by atoms with van der Waals surface area (Å²) in [6.45, 7) is 6.32. The summed E-state index contributed by atoms with van der Waals surface area (Å²) in [6, 6.07) is 0. The van der Waals surface area contributed by atoms with Crippen molar-refractivity contribution in [1.82, 2.24) is 0 Å². The number of hydrogen-bond acceptors (Lipinski definition) is 6. The quantitative estimate of drug-likeness (QED) is 0.0261. The van der Waals surface area contributed by atoms with Crippen LogP contribution in [0.15, 0.2) is 170 Å². The maximum absolute atomic E-state index is 12.9.